The molecule has 0 amide bonds. The Balaban J connectivity index is 1.76. The molecule has 0 aliphatic carbocycles. The molecular weight excluding hydrogens is 272 g/mol. The van der Waals surface area contributed by atoms with Gasteiger partial charge in [-0.25, -0.2) is 0 Å². The zero-order chi connectivity index (χ0) is 15.2. The maximum absolute atomic E-state index is 10.4. The van der Waals surface area contributed by atoms with Crippen LogP contribution < -0.4 is 0 Å². The molecule has 6 nitrogen and oxygen atoms in total. The first-order chi connectivity index (χ1) is 10.0. The Morgan fingerprint density at radius 1 is 1.43 bits per heavy atom. The van der Waals surface area contributed by atoms with Gasteiger partial charge in [0.25, 0.3) is 0 Å². The average Bonchev–Trinajstić information content (AvgIpc) is 2.44. The van der Waals surface area contributed by atoms with Crippen LogP contribution in [0.3, 0.4) is 0 Å². The minimum atomic E-state index is -0.826. The van der Waals surface area contributed by atoms with Crippen LogP contribution in [0.2, 0.25) is 0 Å². The van der Waals surface area contributed by atoms with E-state index < -0.39 is 5.97 Å². The molecule has 1 aromatic rings. The van der Waals surface area contributed by atoms with Crippen molar-refractivity contribution in [3.8, 4) is 5.75 Å². The van der Waals surface area contributed by atoms with Gasteiger partial charge in [0.15, 0.2) is 0 Å². The number of rotatable bonds is 6. The molecule has 1 saturated heterocycles. The number of carboxylic acids is 1. The first-order valence-electron chi connectivity index (χ1n) is 7.26. The molecule has 2 heterocycles. The molecule has 0 atom stereocenters. The normalized spacial score (nSPS) is 17.0. The van der Waals surface area contributed by atoms with Crippen molar-refractivity contribution in [3.63, 3.8) is 0 Å². The average molecular weight is 294 g/mol. The van der Waals surface area contributed by atoms with E-state index in [9.17, 15) is 9.90 Å². The topological polar surface area (TPSA) is 82.9 Å². The fourth-order valence-corrected chi connectivity index (χ4v) is 2.48. The monoisotopic (exact) mass is 294 g/mol. The summed E-state index contributed by atoms with van der Waals surface area (Å²) in [5.74, 6) is -0.589. The summed E-state index contributed by atoms with van der Waals surface area (Å²) >= 11 is 0. The number of aliphatic carboxylic acids is 1. The minimum Gasteiger partial charge on any atom is -0.506 e. The molecule has 116 valence electrons. The van der Waals surface area contributed by atoms with Gasteiger partial charge in [-0.1, -0.05) is 0 Å². The van der Waals surface area contributed by atoms with Gasteiger partial charge in [0, 0.05) is 25.3 Å². The van der Waals surface area contributed by atoms with E-state index in [0.29, 0.717) is 12.2 Å². The van der Waals surface area contributed by atoms with Crippen LogP contribution >= 0.6 is 0 Å². The summed E-state index contributed by atoms with van der Waals surface area (Å²) in [5.41, 5.74) is 1.61. The van der Waals surface area contributed by atoms with E-state index in [1.54, 1.807) is 12.1 Å². The predicted molar refractivity (Wildman–Crippen MR) is 77.1 cm³/mol. The van der Waals surface area contributed by atoms with Gasteiger partial charge in [0.05, 0.1) is 24.8 Å². The lowest BCUT2D eigenvalue weighted by Crippen LogP contribution is -2.37. The zero-order valence-electron chi connectivity index (χ0n) is 12.3. The number of nitrogens with zero attached hydrogens (tertiary/aromatic N) is 2. The van der Waals surface area contributed by atoms with Crippen molar-refractivity contribution in [1.82, 2.24) is 9.88 Å². The number of hydrogen-bond donors (Lipinski definition) is 2. The Labute approximate surface area is 124 Å². The third kappa shape index (κ3) is 4.99. The second-order valence-electron chi connectivity index (χ2n) is 5.41. The van der Waals surface area contributed by atoms with Crippen LogP contribution in [0.4, 0.5) is 0 Å². The van der Waals surface area contributed by atoms with Crippen LogP contribution in [0.5, 0.6) is 5.75 Å². The molecule has 6 heteroatoms. The zero-order valence-corrected chi connectivity index (χ0v) is 12.3. The summed E-state index contributed by atoms with van der Waals surface area (Å²) in [6.45, 7) is 4.56. The molecule has 21 heavy (non-hydrogen) atoms. The molecule has 0 aromatic carbocycles. The van der Waals surface area contributed by atoms with Crippen molar-refractivity contribution in [3.05, 3.63) is 23.5 Å². The highest BCUT2D eigenvalue weighted by molar-refractivity contribution is 5.66. The standard InChI is InChI=1S/C15H22N2O4/c1-11-2-3-14(18)13(16-11)10-17-7-4-12(5-8-17)21-9-6-15(19)20/h2-3,12,18H,4-10H2,1H3,(H,19,20). The molecule has 1 aliphatic heterocycles. The number of aryl methyl sites for hydroxylation is 1. The van der Waals surface area contributed by atoms with E-state index >= 15 is 0 Å². The molecule has 0 spiro atoms. The number of pyridine rings is 1. The summed E-state index contributed by atoms with van der Waals surface area (Å²) in [4.78, 5) is 17.0. The Morgan fingerprint density at radius 3 is 2.81 bits per heavy atom. The van der Waals surface area contributed by atoms with E-state index in [-0.39, 0.29) is 24.9 Å². The van der Waals surface area contributed by atoms with Crippen molar-refractivity contribution >= 4 is 5.97 Å². The lowest BCUT2D eigenvalue weighted by atomic mass is 10.1. The van der Waals surface area contributed by atoms with Gasteiger partial charge in [-0.15, -0.1) is 0 Å². The molecule has 1 aromatic heterocycles. The first kappa shape index (κ1) is 15.7. The Kier molecular flexibility index (Phi) is 5.52. The fraction of sp³-hybridized carbons (Fsp3) is 0.600. The predicted octanol–water partition coefficient (Wildman–Crippen LogP) is 1.55. The number of piperidine rings is 1. The highest BCUT2D eigenvalue weighted by Gasteiger charge is 2.21. The lowest BCUT2D eigenvalue weighted by molar-refractivity contribution is -0.138. The number of aromatic nitrogens is 1. The number of carbonyl (C=O) groups is 1. The molecular formula is C15H22N2O4. The molecule has 0 bridgehead atoms. The second kappa shape index (κ2) is 7.38. The Hall–Kier alpha value is -1.66. The van der Waals surface area contributed by atoms with Crippen LogP contribution in [0.1, 0.15) is 30.7 Å². The fourth-order valence-electron chi connectivity index (χ4n) is 2.48. The molecule has 1 fully saturated rings. The van der Waals surface area contributed by atoms with Crippen LogP contribution in [-0.2, 0) is 16.1 Å². The Bertz CT molecular complexity index is 485. The van der Waals surface area contributed by atoms with Crippen LogP contribution in [0.15, 0.2) is 12.1 Å². The van der Waals surface area contributed by atoms with Gasteiger partial charge in [-0.05, 0) is 31.9 Å². The van der Waals surface area contributed by atoms with Crippen LogP contribution in [-0.4, -0.2) is 51.9 Å². The Morgan fingerprint density at radius 2 is 2.14 bits per heavy atom. The number of carboxylic acid groups (broad SMARTS) is 1. The maximum atomic E-state index is 10.4. The number of ether oxygens (including phenoxy) is 1. The van der Waals surface area contributed by atoms with E-state index in [4.69, 9.17) is 9.84 Å². The summed E-state index contributed by atoms with van der Waals surface area (Å²) in [6.07, 6.45) is 1.96. The quantitative estimate of drug-likeness (QED) is 0.828. The van der Waals surface area contributed by atoms with Crippen molar-refractivity contribution in [2.24, 2.45) is 0 Å². The molecule has 0 unspecified atom stereocenters. The second-order valence-corrected chi connectivity index (χ2v) is 5.41. The highest BCUT2D eigenvalue weighted by atomic mass is 16.5. The largest absolute Gasteiger partial charge is 0.506 e. The molecule has 2 rings (SSSR count). The summed E-state index contributed by atoms with van der Waals surface area (Å²) < 4.78 is 5.56. The van der Waals surface area contributed by atoms with E-state index in [1.807, 2.05) is 6.92 Å². The lowest BCUT2D eigenvalue weighted by Gasteiger charge is -2.31. The van der Waals surface area contributed by atoms with Crippen molar-refractivity contribution in [1.29, 1.82) is 0 Å². The SMILES string of the molecule is Cc1ccc(O)c(CN2CCC(OCCC(=O)O)CC2)n1. The van der Waals surface area contributed by atoms with Gasteiger partial charge in [-0.2, -0.15) is 0 Å². The number of aromatic hydroxyl groups is 1. The van der Waals surface area contributed by atoms with Crippen LogP contribution in [0.25, 0.3) is 0 Å². The highest BCUT2D eigenvalue weighted by Crippen LogP contribution is 2.20. The van der Waals surface area contributed by atoms with Crippen molar-refractivity contribution < 1.29 is 19.7 Å². The molecule has 0 saturated carbocycles. The van der Waals surface area contributed by atoms with Crippen LogP contribution in [0, 0.1) is 6.92 Å². The smallest absolute Gasteiger partial charge is 0.305 e. The van der Waals surface area contributed by atoms with Gasteiger partial charge in [-0.3, -0.25) is 14.7 Å². The van der Waals surface area contributed by atoms with E-state index in [0.717, 1.165) is 31.6 Å². The summed E-state index contributed by atoms with van der Waals surface area (Å²) in [6, 6.07) is 3.47. The number of likely N-dealkylation sites (tertiary alicyclic amines) is 1. The molecule has 0 radical (unpaired) electrons. The van der Waals surface area contributed by atoms with Gasteiger partial charge in [0.2, 0.25) is 0 Å². The number of hydrogen-bond acceptors (Lipinski definition) is 5. The van der Waals surface area contributed by atoms with E-state index in [2.05, 4.69) is 9.88 Å². The van der Waals surface area contributed by atoms with Gasteiger partial charge >= 0.3 is 5.97 Å². The minimum absolute atomic E-state index is 0.0568. The van der Waals surface area contributed by atoms with Crippen molar-refractivity contribution in [2.75, 3.05) is 19.7 Å². The van der Waals surface area contributed by atoms with E-state index in [1.165, 1.54) is 0 Å². The third-order valence-corrected chi connectivity index (χ3v) is 3.67. The van der Waals surface area contributed by atoms with Gasteiger partial charge in [0.1, 0.15) is 5.75 Å². The molecule has 2 N–H and O–H groups in total. The first-order valence-corrected chi connectivity index (χ1v) is 7.26. The summed E-state index contributed by atoms with van der Waals surface area (Å²) in [5, 5.41) is 18.4. The summed E-state index contributed by atoms with van der Waals surface area (Å²) in [7, 11) is 0. The third-order valence-electron chi connectivity index (χ3n) is 3.67. The van der Waals surface area contributed by atoms with Gasteiger partial charge < -0.3 is 14.9 Å². The molecule has 1 aliphatic rings. The maximum Gasteiger partial charge on any atom is 0.305 e. The van der Waals surface area contributed by atoms with Crippen molar-refractivity contribution in [2.45, 2.75) is 38.8 Å².